The lowest BCUT2D eigenvalue weighted by Gasteiger charge is -2.19. The number of thioether (sulfide) groups is 1. The molecule has 0 saturated carbocycles. The van der Waals surface area contributed by atoms with Crippen LogP contribution in [0.4, 0.5) is 0 Å². The van der Waals surface area contributed by atoms with E-state index in [4.69, 9.17) is 0 Å². The van der Waals surface area contributed by atoms with Gasteiger partial charge < -0.3 is 5.11 Å². The normalized spacial score (nSPS) is 14.4. The van der Waals surface area contributed by atoms with E-state index in [-0.39, 0.29) is 10.9 Å². The van der Waals surface area contributed by atoms with Gasteiger partial charge in [0.2, 0.25) is 0 Å². The van der Waals surface area contributed by atoms with Crippen LogP contribution in [0.2, 0.25) is 0 Å². The summed E-state index contributed by atoms with van der Waals surface area (Å²) in [5, 5.41) is 12.0. The van der Waals surface area contributed by atoms with Crippen molar-refractivity contribution >= 4 is 23.1 Å². The minimum atomic E-state index is -0.306. The van der Waals surface area contributed by atoms with E-state index in [9.17, 15) is 5.11 Å². The van der Waals surface area contributed by atoms with Crippen molar-refractivity contribution in [1.29, 1.82) is 0 Å². The predicted octanol–water partition coefficient (Wildman–Crippen LogP) is 3.62. The van der Waals surface area contributed by atoms with Crippen molar-refractivity contribution in [1.82, 2.24) is 0 Å². The molecule has 0 amide bonds. The fourth-order valence-corrected chi connectivity index (χ4v) is 2.97. The zero-order chi connectivity index (χ0) is 10.8. The Morgan fingerprint density at radius 1 is 1.50 bits per heavy atom. The number of aryl methyl sites for hydroxylation is 1. The monoisotopic (exact) mass is 230 g/mol. The van der Waals surface area contributed by atoms with E-state index >= 15 is 0 Å². The van der Waals surface area contributed by atoms with Gasteiger partial charge in [-0.1, -0.05) is 20.8 Å². The molecule has 0 fully saturated rings. The maximum atomic E-state index is 9.94. The zero-order valence-electron chi connectivity index (χ0n) is 9.20. The molecule has 0 aliphatic heterocycles. The molecule has 0 saturated heterocycles. The molecular formula is C11H18OS2. The van der Waals surface area contributed by atoms with Gasteiger partial charge in [0.05, 0.1) is 6.10 Å². The molecule has 0 radical (unpaired) electrons. The van der Waals surface area contributed by atoms with Crippen molar-refractivity contribution in [3.05, 3.63) is 21.9 Å². The van der Waals surface area contributed by atoms with Crippen LogP contribution in [0.3, 0.4) is 0 Å². The van der Waals surface area contributed by atoms with Gasteiger partial charge in [0.25, 0.3) is 0 Å². The van der Waals surface area contributed by atoms with E-state index in [0.717, 1.165) is 10.6 Å². The highest BCUT2D eigenvalue weighted by molar-refractivity contribution is 8.00. The van der Waals surface area contributed by atoms with Gasteiger partial charge in [0.15, 0.2) is 0 Å². The molecule has 1 N–H and O–H groups in total. The number of hydrogen-bond donors (Lipinski definition) is 1. The Labute approximate surface area is 94.5 Å². The summed E-state index contributed by atoms with van der Waals surface area (Å²) in [5.41, 5.74) is 1.21. The second-order valence-electron chi connectivity index (χ2n) is 4.41. The predicted molar refractivity (Wildman–Crippen MR) is 66.2 cm³/mol. The molecule has 1 aromatic heterocycles. The van der Waals surface area contributed by atoms with E-state index in [1.807, 2.05) is 5.38 Å². The van der Waals surface area contributed by atoms with Crippen LogP contribution in [0.25, 0.3) is 0 Å². The lowest BCUT2D eigenvalue weighted by Crippen LogP contribution is -2.11. The second-order valence-corrected chi connectivity index (χ2v) is 7.20. The Bertz CT molecular complexity index is 286. The highest BCUT2D eigenvalue weighted by Gasteiger charge is 2.17. The van der Waals surface area contributed by atoms with Gasteiger partial charge in [-0.25, -0.2) is 0 Å². The number of rotatable bonds is 3. The highest BCUT2D eigenvalue weighted by Crippen LogP contribution is 2.31. The molecule has 3 heteroatoms. The molecule has 1 atom stereocenters. The molecule has 1 heterocycles. The molecule has 1 rings (SSSR count). The van der Waals surface area contributed by atoms with E-state index in [0.29, 0.717) is 0 Å². The summed E-state index contributed by atoms with van der Waals surface area (Å²) in [6.45, 7) is 8.57. The first-order chi connectivity index (χ1) is 6.40. The Morgan fingerprint density at radius 2 is 2.14 bits per heavy atom. The van der Waals surface area contributed by atoms with Gasteiger partial charge >= 0.3 is 0 Å². The quantitative estimate of drug-likeness (QED) is 0.856. The number of aliphatic hydroxyl groups is 1. The lowest BCUT2D eigenvalue weighted by atomic mass is 10.2. The van der Waals surface area contributed by atoms with Crippen molar-refractivity contribution < 1.29 is 5.11 Å². The molecular weight excluding hydrogens is 212 g/mol. The summed E-state index contributed by atoms with van der Waals surface area (Å²) in [7, 11) is 0. The smallest absolute Gasteiger partial charge is 0.0974 e. The SMILES string of the molecule is Cc1ccsc1C(O)CSC(C)(C)C. The van der Waals surface area contributed by atoms with Crippen LogP contribution in [0.1, 0.15) is 37.3 Å². The summed E-state index contributed by atoms with van der Waals surface area (Å²) in [6.07, 6.45) is -0.306. The summed E-state index contributed by atoms with van der Waals surface area (Å²) in [4.78, 5) is 1.11. The maximum absolute atomic E-state index is 9.94. The first-order valence-electron chi connectivity index (χ1n) is 4.76. The Hall–Kier alpha value is 0.01000. The Kier molecular flexibility index (Phi) is 4.04. The first kappa shape index (κ1) is 12.1. The second kappa shape index (κ2) is 4.69. The minimum Gasteiger partial charge on any atom is -0.387 e. The van der Waals surface area contributed by atoms with Crippen LogP contribution in [-0.4, -0.2) is 15.6 Å². The van der Waals surface area contributed by atoms with Crippen molar-refractivity contribution in [2.24, 2.45) is 0 Å². The molecule has 1 unspecified atom stereocenters. The van der Waals surface area contributed by atoms with E-state index in [1.54, 1.807) is 23.1 Å². The molecule has 1 nitrogen and oxygen atoms in total. The summed E-state index contributed by atoms with van der Waals surface area (Å²) in [6, 6.07) is 2.06. The Balaban J connectivity index is 2.51. The van der Waals surface area contributed by atoms with Crippen LogP contribution in [0, 0.1) is 6.92 Å². The van der Waals surface area contributed by atoms with E-state index in [2.05, 4.69) is 33.8 Å². The molecule has 1 aromatic rings. The lowest BCUT2D eigenvalue weighted by molar-refractivity contribution is 0.207. The van der Waals surface area contributed by atoms with E-state index in [1.165, 1.54) is 5.56 Å². The van der Waals surface area contributed by atoms with Crippen LogP contribution in [-0.2, 0) is 0 Å². The third-order valence-electron chi connectivity index (χ3n) is 1.88. The van der Waals surface area contributed by atoms with Crippen LogP contribution < -0.4 is 0 Å². The molecule has 80 valence electrons. The van der Waals surface area contributed by atoms with Crippen LogP contribution in [0.5, 0.6) is 0 Å². The Morgan fingerprint density at radius 3 is 2.57 bits per heavy atom. The third kappa shape index (κ3) is 3.64. The van der Waals surface area contributed by atoms with Gasteiger partial charge in [0, 0.05) is 15.4 Å². The van der Waals surface area contributed by atoms with Gasteiger partial charge in [0.1, 0.15) is 0 Å². The molecule has 14 heavy (non-hydrogen) atoms. The molecule has 0 aliphatic rings. The van der Waals surface area contributed by atoms with Crippen molar-refractivity contribution in [2.45, 2.75) is 38.5 Å². The van der Waals surface area contributed by atoms with Crippen LogP contribution >= 0.6 is 23.1 Å². The van der Waals surface area contributed by atoms with Gasteiger partial charge in [-0.3, -0.25) is 0 Å². The van der Waals surface area contributed by atoms with Crippen LogP contribution in [0.15, 0.2) is 11.4 Å². The van der Waals surface area contributed by atoms with E-state index < -0.39 is 0 Å². The molecule has 0 spiro atoms. The van der Waals surface area contributed by atoms with Crippen molar-refractivity contribution in [2.75, 3.05) is 5.75 Å². The van der Waals surface area contributed by atoms with Gasteiger partial charge in [-0.2, -0.15) is 11.8 Å². The first-order valence-corrected chi connectivity index (χ1v) is 6.63. The zero-order valence-corrected chi connectivity index (χ0v) is 10.8. The fourth-order valence-electron chi connectivity index (χ4n) is 1.13. The summed E-state index contributed by atoms with van der Waals surface area (Å²) < 4.78 is 0.228. The largest absolute Gasteiger partial charge is 0.387 e. The third-order valence-corrected chi connectivity index (χ3v) is 4.35. The summed E-state index contributed by atoms with van der Waals surface area (Å²) in [5.74, 6) is 0.783. The topological polar surface area (TPSA) is 20.2 Å². The number of hydrogen-bond acceptors (Lipinski definition) is 3. The fraction of sp³-hybridized carbons (Fsp3) is 0.636. The average molecular weight is 230 g/mol. The molecule has 0 bridgehead atoms. The number of thiophene rings is 1. The van der Waals surface area contributed by atoms with Gasteiger partial charge in [-0.15, -0.1) is 11.3 Å². The van der Waals surface area contributed by atoms with Gasteiger partial charge in [-0.05, 0) is 23.9 Å². The number of aliphatic hydroxyl groups excluding tert-OH is 1. The highest BCUT2D eigenvalue weighted by atomic mass is 32.2. The van der Waals surface area contributed by atoms with Crippen molar-refractivity contribution in [3.8, 4) is 0 Å². The molecule has 0 aromatic carbocycles. The minimum absolute atomic E-state index is 0.228. The summed E-state index contributed by atoms with van der Waals surface area (Å²) >= 11 is 3.45. The molecule has 0 aliphatic carbocycles. The van der Waals surface area contributed by atoms with Crippen molar-refractivity contribution in [3.63, 3.8) is 0 Å². The average Bonchev–Trinajstić information content (AvgIpc) is 2.46. The maximum Gasteiger partial charge on any atom is 0.0974 e. The standard InChI is InChI=1S/C11H18OS2/c1-8-5-6-13-10(8)9(12)7-14-11(2,3)4/h5-6,9,12H,7H2,1-4H3.